The van der Waals surface area contributed by atoms with Crippen LogP contribution in [-0.4, -0.2) is 104 Å². The van der Waals surface area contributed by atoms with Gasteiger partial charge >= 0.3 is 5.97 Å². The van der Waals surface area contributed by atoms with Crippen LogP contribution in [0.1, 0.15) is 76.8 Å². The zero-order valence-electron chi connectivity index (χ0n) is 29.4. The Hall–Kier alpha value is -3.62. The van der Waals surface area contributed by atoms with Gasteiger partial charge < -0.3 is 50.0 Å². The summed E-state index contributed by atoms with van der Waals surface area (Å²) < 4.78 is 17.8. The van der Waals surface area contributed by atoms with Gasteiger partial charge in [-0.1, -0.05) is 49.2 Å². The average molecular weight is 723 g/mol. The van der Waals surface area contributed by atoms with Gasteiger partial charge in [0.05, 0.1) is 23.1 Å². The van der Waals surface area contributed by atoms with E-state index in [4.69, 9.17) is 14.2 Å². The molecule has 0 unspecified atom stereocenters. The van der Waals surface area contributed by atoms with Gasteiger partial charge in [-0.15, -0.1) is 0 Å². The molecular weight excluding hydrogens is 672 g/mol. The molecule has 3 aliphatic rings. The highest BCUT2D eigenvalue weighted by molar-refractivity contribution is 6.09. The van der Waals surface area contributed by atoms with Crippen LogP contribution in [-0.2, 0) is 15.9 Å². The second-order valence-electron chi connectivity index (χ2n) is 14.8. The SMILES string of the molecule is Cc1cc2cc(C(=O)O)cc(O[C@@H]3O[C@H](CO)[C@](O)(CC[C@H]4CCC[C@@H]5COC[C@@H](CCO)[C@H]45)[C@H](O)[C@H]3O)c2c(O)c1C(=O)CCc1ccccc1. The van der Waals surface area contributed by atoms with Crippen LogP contribution in [0.2, 0.25) is 0 Å². The first-order chi connectivity index (χ1) is 25.0. The zero-order valence-corrected chi connectivity index (χ0v) is 29.4. The van der Waals surface area contributed by atoms with E-state index < -0.39 is 48.5 Å². The highest BCUT2D eigenvalue weighted by Crippen LogP contribution is 2.47. The summed E-state index contributed by atoms with van der Waals surface area (Å²) >= 11 is 0. The van der Waals surface area contributed by atoms with Crippen LogP contribution in [0, 0.1) is 30.6 Å². The van der Waals surface area contributed by atoms with Crippen molar-refractivity contribution in [2.24, 2.45) is 23.7 Å². The Bertz CT molecular complexity index is 1720. The van der Waals surface area contributed by atoms with E-state index >= 15 is 0 Å². The zero-order chi connectivity index (χ0) is 37.2. The van der Waals surface area contributed by atoms with Gasteiger partial charge in [0.1, 0.15) is 35.4 Å². The maximum Gasteiger partial charge on any atom is 0.335 e. The number of Topliss-reactive ketones (excluding diaryl/α,β-unsaturated/α-hetero) is 1. The summed E-state index contributed by atoms with van der Waals surface area (Å²) in [4.78, 5) is 25.6. The van der Waals surface area contributed by atoms with Crippen molar-refractivity contribution in [1.82, 2.24) is 0 Å². The number of aliphatic hydroxyl groups excluding tert-OH is 4. The number of ketones is 1. The standard InChI is InChI=1S/C40H50O12/c1-22-16-27-17-28(38(47)48)18-30(34(27)35(44)32(22)29(43)11-10-23-6-3-2-4-7-23)51-39-36(45)37(46)40(49,31(19-42)52-39)14-12-24-8-5-9-25-20-50-21-26(13-15-41)33(24)25/h2-4,6-7,16-18,24-26,31,33,36-37,39,41-42,44-46,49H,5,8-15,19-21H2,1H3,(H,47,48)/t24-,25-,26-,31-,33-,36-,37-,39-,40-/m1/s1. The first kappa shape index (κ1) is 38.1. The molecular formula is C40H50O12. The Morgan fingerprint density at radius 2 is 1.77 bits per heavy atom. The molecule has 3 aromatic carbocycles. The number of phenolic OH excluding ortho intramolecular Hbond substituents is 1. The molecule has 12 heteroatoms. The third-order valence-electron chi connectivity index (χ3n) is 11.6. The number of hydrogen-bond donors (Lipinski definition) is 7. The lowest BCUT2D eigenvalue weighted by molar-refractivity contribution is -0.315. The lowest BCUT2D eigenvalue weighted by Gasteiger charge is -2.50. The lowest BCUT2D eigenvalue weighted by atomic mass is 9.63. The molecule has 6 rings (SSSR count). The maximum absolute atomic E-state index is 13.5. The number of carboxylic acids is 1. The number of benzene rings is 3. The van der Waals surface area contributed by atoms with Gasteiger partial charge in [0.2, 0.25) is 6.29 Å². The first-order valence-electron chi connectivity index (χ1n) is 18.3. The Morgan fingerprint density at radius 1 is 1.00 bits per heavy atom. The third-order valence-corrected chi connectivity index (χ3v) is 11.6. The fourth-order valence-corrected chi connectivity index (χ4v) is 9.00. The van der Waals surface area contributed by atoms with Crippen molar-refractivity contribution in [2.45, 2.75) is 88.5 Å². The third kappa shape index (κ3) is 7.56. The van der Waals surface area contributed by atoms with Crippen LogP contribution in [0.15, 0.2) is 48.5 Å². The van der Waals surface area contributed by atoms with Crippen LogP contribution in [0.4, 0.5) is 0 Å². The number of rotatable bonds is 13. The minimum absolute atomic E-state index is 0.00563. The largest absolute Gasteiger partial charge is 0.506 e. The van der Waals surface area contributed by atoms with Crippen molar-refractivity contribution in [1.29, 1.82) is 0 Å². The van der Waals surface area contributed by atoms with Gasteiger partial charge in [-0.2, -0.15) is 0 Å². The average Bonchev–Trinajstić information content (AvgIpc) is 3.13. The number of fused-ring (bicyclic) bond motifs is 2. The predicted octanol–water partition coefficient (Wildman–Crippen LogP) is 3.76. The molecule has 1 saturated carbocycles. The van der Waals surface area contributed by atoms with Crippen molar-refractivity contribution in [3.8, 4) is 11.5 Å². The number of ether oxygens (including phenoxy) is 3. The Kier molecular flexibility index (Phi) is 11.9. The molecule has 0 bridgehead atoms. The highest BCUT2D eigenvalue weighted by atomic mass is 16.7. The Balaban J connectivity index is 1.25. The number of carbonyl (C=O) groups is 2. The summed E-state index contributed by atoms with van der Waals surface area (Å²) in [5.74, 6) is -1.35. The molecule has 9 atom stereocenters. The summed E-state index contributed by atoms with van der Waals surface area (Å²) in [6.07, 6.45) is -2.22. The van der Waals surface area contributed by atoms with E-state index in [1.54, 1.807) is 13.0 Å². The molecule has 0 radical (unpaired) electrons. The summed E-state index contributed by atoms with van der Waals surface area (Å²) in [5.41, 5.74) is -0.842. The molecule has 0 aromatic heterocycles. The van der Waals surface area contributed by atoms with Crippen LogP contribution < -0.4 is 4.74 Å². The molecule has 2 saturated heterocycles. The first-order valence-corrected chi connectivity index (χ1v) is 18.3. The molecule has 2 heterocycles. The van der Waals surface area contributed by atoms with Gasteiger partial charge in [-0.25, -0.2) is 4.79 Å². The molecule has 3 aromatic rings. The van der Waals surface area contributed by atoms with E-state index in [1.165, 1.54) is 6.07 Å². The second-order valence-corrected chi connectivity index (χ2v) is 14.8. The lowest BCUT2D eigenvalue weighted by Crippen LogP contribution is -2.68. The molecule has 0 amide bonds. The fourth-order valence-electron chi connectivity index (χ4n) is 9.00. The van der Waals surface area contributed by atoms with Gasteiger partial charge in [0.15, 0.2) is 5.78 Å². The molecule has 7 N–H and O–H groups in total. The fraction of sp³-hybridized carbons (Fsp3) is 0.550. The van der Waals surface area contributed by atoms with Crippen molar-refractivity contribution in [2.75, 3.05) is 26.4 Å². The van der Waals surface area contributed by atoms with E-state index in [0.717, 1.165) is 30.9 Å². The Labute approximate surface area is 302 Å². The summed E-state index contributed by atoms with van der Waals surface area (Å²) in [6, 6.07) is 13.5. The number of carboxylic acid groups (broad SMARTS) is 1. The molecule has 52 heavy (non-hydrogen) atoms. The molecule has 0 spiro atoms. The number of aryl methyl sites for hydroxylation is 2. The van der Waals surface area contributed by atoms with Crippen molar-refractivity contribution in [3.63, 3.8) is 0 Å². The van der Waals surface area contributed by atoms with Gasteiger partial charge in [-0.05, 0) is 91.3 Å². The number of carbonyl (C=O) groups excluding carboxylic acids is 1. The summed E-state index contributed by atoms with van der Waals surface area (Å²) in [7, 11) is 0. The molecule has 2 aliphatic heterocycles. The Morgan fingerprint density at radius 3 is 2.48 bits per heavy atom. The van der Waals surface area contributed by atoms with Crippen LogP contribution in [0.5, 0.6) is 11.5 Å². The summed E-state index contributed by atoms with van der Waals surface area (Å²) in [5, 5.41) is 76.5. The van der Waals surface area contributed by atoms with E-state index in [9.17, 15) is 45.3 Å². The normalized spacial score (nSPS) is 30.5. The number of hydrogen-bond acceptors (Lipinski definition) is 11. The van der Waals surface area contributed by atoms with Gasteiger partial charge in [0, 0.05) is 26.2 Å². The topological polar surface area (TPSA) is 203 Å². The maximum atomic E-state index is 13.5. The van der Waals surface area contributed by atoms with Crippen LogP contribution >= 0.6 is 0 Å². The molecule has 3 fully saturated rings. The number of aromatic hydroxyl groups is 1. The molecule has 282 valence electrons. The minimum Gasteiger partial charge on any atom is -0.506 e. The minimum atomic E-state index is -2.05. The quantitative estimate of drug-likeness (QED) is 0.126. The van der Waals surface area contributed by atoms with Crippen LogP contribution in [0.3, 0.4) is 0 Å². The summed E-state index contributed by atoms with van der Waals surface area (Å²) in [6.45, 7) is 2.17. The molecule has 12 nitrogen and oxygen atoms in total. The van der Waals surface area contributed by atoms with E-state index in [-0.39, 0.29) is 70.6 Å². The van der Waals surface area contributed by atoms with Gasteiger partial charge in [-0.3, -0.25) is 4.79 Å². The highest BCUT2D eigenvalue weighted by Gasteiger charge is 2.56. The number of aliphatic hydroxyl groups is 5. The molecule has 1 aliphatic carbocycles. The van der Waals surface area contributed by atoms with E-state index in [1.807, 2.05) is 30.3 Å². The van der Waals surface area contributed by atoms with E-state index in [0.29, 0.717) is 44.0 Å². The van der Waals surface area contributed by atoms with Crippen molar-refractivity contribution in [3.05, 3.63) is 70.8 Å². The number of aromatic carboxylic acids is 1. The number of phenols is 1. The van der Waals surface area contributed by atoms with Crippen LogP contribution in [0.25, 0.3) is 10.8 Å². The van der Waals surface area contributed by atoms with E-state index in [2.05, 4.69) is 0 Å². The smallest absolute Gasteiger partial charge is 0.335 e. The second kappa shape index (κ2) is 16.2. The monoisotopic (exact) mass is 722 g/mol. The van der Waals surface area contributed by atoms with Crippen molar-refractivity contribution < 1.29 is 59.5 Å². The predicted molar refractivity (Wildman–Crippen MR) is 189 cm³/mol. The van der Waals surface area contributed by atoms with Crippen molar-refractivity contribution >= 4 is 22.5 Å². The van der Waals surface area contributed by atoms with Gasteiger partial charge in [0.25, 0.3) is 0 Å².